The SMILES string of the molecule is Cc1ccc(NC(=O)Cn2c(=O)oc3cc(Cl)ccc32)cc1Cl. The summed E-state index contributed by atoms with van der Waals surface area (Å²) >= 11 is 11.9. The fourth-order valence-electron chi connectivity index (χ4n) is 2.20. The van der Waals surface area contributed by atoms with Crippen LogP contribution in [0.2, 0.25) is 10.0 Å². The van der Waals surface area contributed by atoms with Gasteiger partial charge in [0, 0.05) is 21.8 Å². The normalized spacial score (nSPS) is 10.9. The lowest BCUT2D eigenvalue weighted by Gasteiger charge is -2.07. The number of oxazole rings is 1. The van der Waals surface area contributed by atoms with Crippen LogP contribution in [0.5, 0.6) is 0 Å². The van der Waals surface area contributed by atoms with Crippen molar-refractivity contribution >= 4 is 45.9 Å². The van der Waals surface area contributed by atoms with E-state index >= 15 is 0 Å². The maximum atomic E-state index is 12.2. The summed E-state index contributed by atoms with van der Waals surface area (Å²) in [6, 6.07) is 10.0. The highest BCUT2D eigenvalue weighted by molar-refractivity contribution is 6.31. The maximum absolute atomic E-state index is 12.2. The number of anilines is 1. The molecule has 3 rings (SSSR count). The number of amides is 1. The molecule has 23 heavy (non-hydrogen) atoms. The third-order valence-corrected chi connectivity index (χ3v) is 4.03. The number of carbonyl (C=O) groups excluding carboxylic acids is 1. The van der Waals surface area contributed by atoms with Crippen LogP contribution < -0.4 is 11.1 Å². The minimum Gasteiger partial charge on any atom is -0.408 e. The minimum absolute atomic E-state index is 0.168. The van der Waals surface area contributed by atoms with Crippen LogP contribution in [0.15, 0.2) is 45.6 Å². The van der Waals surface area contributed by atoms with E-state index in [1.807, 2.05) is 6.92 Å². The molecule has 0 unspecified atom stereocenters. The van der Waals surface area contributed by atoms with Crippen molar-refractivity contribution in [1.29, 1.82) is 0 Å². The number of nitrogens with zero attached hydrogens (tertiary/aromatic N) is 1. The minimum atomic E-state index is -0.612. The van der Waals surface area contributed by atoms with Crippen LogP contribution in [-0.4, -0.2) is 10.5 Å². The highest BCUT2D eigenvalue weighted by atomic mass is 35.5. The standard InChI is InChI=1S/C16H12Cl2N2O3/c1-9-2-4-11(7-12(9)18)19-15(21)8-20-13-5-3-10(17)6-14(13)23-16(20)22/h2-7H,8H2,1H3,(H,19,21). The molecule has 118 valence electrons. The van der Waals surface area contributed by atoms with E-state index in [1.165, 1.54) is 10.6 Å². The molecule has 2 aromatic carbocycles. The molecule has 0 spiro atoms. The number of rotatable bonds is 3. The maximum Gasteiger partial charge on any atom is 0.420 e. The molecule has 5 nitrogen and oxygen atoms in total. The third-order valence-electron chi connectivity index (χ3n) is 3.39. The first-order chi connectivity index (χ1) is 10.9. The van der Waals surface area contributed by atoms with Gasteiger partial charge < -0.3 is 9.73 Å². The van der Waals surface area contributed by atoms with E-state index in [0.29, 0.717) is 26.8 Å². The average molecular weight is 351 g/mol. The van der Waals surface area contributed by atoms with E-state index in [4.69, 9.17) is 27.6 Å². The Kier molecular flexibility index (Phi) is 4.15. The summed E-state index contributed by atoms with van der Waals surface area (Å²) in [6.45, 7) is 1.70. The molecule has 0 saturated carbocycles. The van der Waals surface area contributed by atoms with Crippen molar-refractivity contribution < 1.29 is 9.21 Å². The average Bonchev–Trinajstić information content (AvgIpc) is 2.78. The Labute approximate surface area is 141 Å². The first-order valence-electron chi connectivity index (χ1n) is 6.79. The van der Waals surface area contributed by atoms with Crippen LogP contribution >= 0.6 is 23.2 Å². The van der Waals surface area contributed by atoms with Gasteiger partial charge in [0.15, 0.2) is 5.58 Å². The highest BCUT2D eigenvalue weighted by Crippen LogP contribution is 2.21. The first kappa shape index (κ1) is 15.6. The molecule has 0 atom stereocenters. The van der Waals surface area contributed by atoms with E-state index in [-0.39, 0.29) is 12.5 Å². The van der Waals surface area contributed by atoms with Crippen LogP contribution in [0, 0.1) is 6.92 Å². The number of aryl methyl sites for hydroxylation is 1. The van der Waals surface area contributed by atoms with Gasteiger partial charge in [-0.25, -0.2) is 4.79 Å². The second-order valence-corrected chi connectivity index (χ2v) is 5.92. The molecule has 0 bridgehead atoms. The first-order valence-corrected chi connectivity index (χ1v) is 7.54. The van der Waals surface area contributed by atoms with E-state index in [2.05, 4.69) is 5.32 Å². The van der Waals surface area contributed by atoms with Crippen LogP contribution in [0.1, 0.15) is 5.56 Å². The summed E-state index contributed by atoms with van der Waals surface area (Å²) < 4.78 is 6.33. The smallest absolute Gasteiger partial charge is 0.408 e. The van der Waals surface area contributed by atoms with Gasteiger partial charge in [-0.1, -0.05) is 29.3 Å². The summed E-state index contributed by atoms with van der Waals surface area (Å²) in [6.07, 6.45) is 0. The van der Waals surface area contributed by atoms with E-state index < -0.39 is 5.76 Å². The number of carbonyl (C=O) groups is 1. The van der Waals surface area contributed by atoms with Crippen LogP contribution in [0.3, 0.4) is 0 Å². The number of hydrogen-bond acceptors (Lipinski definition) is 3. The van der Waals surface area contributed by atoms with Crippen molar-refractivity contribution in [2.24, 2.45) is 0 Å². The molecule has 0 fully saturated rings. The van der Waals surface area contributed by atoms with Crippen molar-refractivity contribution in [1.82, 2.24) is 4.57 Å². The number of hydrogen-bond donors (Lipinski definition) is 1. The fourth-order valence-corrected chi connectivity index (χ4v) is 2.55. The van der Waals surface area contributed by atoms with Gasteiger partial charge in [-0.05, 0) is 36.8 Å². The Morgan fingerprint density at radius 2 is 2.00 bits per heavy atom. The predicted octanol–water partition coefficient (Wildman–Crippen LogP) is 3.85. The Hall–Kier alpha value is -2.24. The molecule has 0 aliphatic heterocycles. The second-order valence-electron chi connectivity index (χ2n) is 5.08. The van der Waals surface area contributed by atoms with Gasteiger partial charge in [-0.2, -0.15) is 0 Å². The monoisotopic (exact) mass is 350 g/mol. The van der Waals surface area contributed by atoms with Crippen molar-refractivity contribution in [2.75, 3.05) is 5.32 Å². The van der Waals surface area contributed by atoms with Gasteiger partial charge in [0.25, 0.3) is 0 Å². The number of halogens is 2. The fraction of sp³-hybridized carbons (Fsp3) is 0.125. The second kappa shape index (κ2) is 6.10. The van der Waals surface area contributed by atoms with E-state index in [1.54, 1.807) is 30.3 Å². The Morgan fingerprint density at radius 3 is 2.74 bits per heavy atom. The van der Waals surface area contributed by atoms with E-state index in [0.717, 1.165) is 5.56 Å². The quantitative estimate of drug-likeness (QED) is 0.780. The molecule has 1 aromatic heterocycles. The Morgan fingerprint density at radius 1 is 1.22 bits per heavy atom. The van der Waals surface area contributed by atoms with Gasteiger partial charge >= 0.3 is 5.76 Å². The molecule has 1 heterocycles. The van der Waals surface area contributed by atoms with Crippen LogP contribution in [-0.2, 0) is 11.3 Å². The molecule has 0 aliphatic rings. The topological polar surface area (TPSA) is 64.2 Å². The summed E-state index contributed by atoms with van der Waals surface area (Å²) in [7, 11) is 0. The van der Waals surface area contributed by atoms with Crippen molar-refractivity contribution in [3.05, 3.63) is 62.6 Å². The zero-order chi connectivity index (χ0) is 16.6. The summed E-state index contributed by atoms with van der Waals surface area (Å²) in [5.74, 6) is -0.968. The van der Waals surface area contributed by atoms with Crippen molar-refractivity contribution in [3.63, 3.8) is 0 Å². The zero-order valence-corrected chi connectivity index (χ0v) is 13.6. The number of benzene rings is 2. The summed E-state index contributed by atoms with van der Waals surface area (Å²) in [5, 5.41) is 3.72. The largest absolute Gasteiger partial charge is 0.420 e. The molecule has 0 saturated heterocycles. The highest BCUT2D eigenvalue weighted by Gasteiger charge is 2.13. The van der Waals surface area contributed by atoms with Gasteiger partial charge in [-0.3, -0.25) is 9.36 Å². The number of aromatic nitrogens is 1. The summed E-state index contributed by atoms with van der Waals surface area (Å²) in [5.41, 5.74) is 2.33. The van der Waals surface area contributed by atoms with Crippen LogP contribution in [0.4, 0.5) is 5.69 Å². The lowest BCUT2D eigenvalue weighted by Crippen LogP contribution is -2.24. The number of fused-ring (bicyclic) bond motifs is 1. The predicted molar refractivity (Wildman–Crippen MR) is 90.3 cm³/mol. The van der Waals surface area contributed by atoms with Crippen molar-refractivity contribution in [2.45, 2.75) is 13.5 Å². The van der Waals surface area contributed by atoms with Gasteiger partial charge in [0.2, 0.25) is 5.91 Å². The van der Waals surface area contributed by atoms with Gasteiger partial charge in [0.1, 0.15) is 6.54 Å². The molecular weight excluding hydrogens is 339 g/mol. The lowest BCUT2D eigenvalue weighted by atomic mass is 10.2. The van der Waals surface area contributed by atoms with Gasteiger partial charge in [0.05, 0.1) is 5.52 Å². The number of nitrogens with one attached hydrogen (secondary N) is 1. The lowest BCUT2D eigenvalue weighted by molar-refractivity contribution is -0.116. The Bertz CT molecular complexity index is 960. The van der Waals surface area contributed by atoms with Crippen LogP contribution in [0.25, 0.3) is 11.1 Å². The third kappa shape index (κ3) is 3.25. The van der Waals surface area contributed by atoms with Gasteiger partial charge in [-0.15, -0.1) is 0 Å². The molecule has 0 aliphatic carbocycles. The van der Waals surface area contributed by atoms with Crippen molar-refractivity contribution in [3.8, 4) is 0 Å². The summed E-state index contributed by atoms with van der Waals surface area (Å²) in [4.78, 5) is 24.0. The molecular formula is C16H12Cl2N2O3. The molecule has 1 N–H and O–H groups in total. The molecule has 7 heteroatoms. The molecule has 1 amide bonds. The Balaban J connectivity index is 1.84. The van der Waals surface area contributed by atoms with E-state index in [9.17, 15) is 9.59 Å². The molecule has 3 aromatic rings. The molecule has 0 radical (unpaired) electrons. The zero-order valence-electron chi connectivity index (χ0n) is 12.1.